The number of rotatable bonds is 10. The molecule has 0 unspecified atom stereocenters. The molecular weight excluding hydrogens is 574 g/mol. The molecule has 1 heterocycles. The molecule has 3 N–H and O–H groups in total. The molecule has 236 valence electrons. The first-order chi connectivity index (χ1) is 21.3. The molecule has 0 saturated carbocycles. The Kier molecular flexibility index (Phi) is 10.2. The highest BCUT2D eigenvalue weighted by Crippen LogP contribution is 2.38. The van der Waals surface area contributed by atoms with Crippen LogP contribution in [0.25, 0.3) is 11.3 Å². The maximum Gasteiger partial charge on any atom is 0.407 e. The van der Waals surface area contributed by atoms with Crippen LogP contribution >= 0.6 is 0 Å². The topological polar surface area (TPSA) is 129 Å². The van der Waals surface area contributed by atoms with Crippen LogP contribution in [0.3, 0.4) is 0 Å². The van der Waals surface area contributed by atoms with Crippen LogP contribution in [0.1, 0.15) is 42.3 Å². The zero-order valence-corrected chi connectivity index (χ0v) is 26.4. The summed E-state index contributed by atoms with van der Waals surface area (Å²) in [4.78, 5) is 53.8. The number of anilines is 3. The number of fused-ring (bicyclic) bond motifs is 1. The smallest absolute Gasteiger partial charge is 0.407 e. The fourth-order valence-corrected chi connectivity index (χ4v) is 4.56. The lowest BCUT2D eigenvalue weighted by molar-refractivity contribution is -0.119. The number of likely N-dealkylation sites (N-methyl/N-ethyl adjacent to an activating group) is 2. The SMILES string of the molecule is CN(C)CC(=O)N(C)c1ccc(N/C(=C2\C(=O)Nc3cc(C(=O)OCCNC(=O)OC(C)(C)C)ccc32)c2ccccc2)cc1. The van der Waals surface area contributed by atoms with E-state index in [2.05, 4.69) is 16.0 Å². The number of nitrogens with zero attached hydrogens (tertiary/aromatic N) is 2. The summed E-state index contributed by atoms with van der Waals surface area (Å²) in [5.74, 6) is -0.951. The maximum atomic E-state index is 13.4. The van der Waals surface area contributed by atoms with Crippen LogP contribution in [0, 0.1) is 0 Å². The number of nitrogens with one attached hydrogen (secondary N) is 3. The second-order valence-electron chi connectivity index (χ2n) is 11.8. The zero-order chi connectivity index (χ0) is 32.7. The normalized spacial score (nSPS) is 13.4. The van der Waals surface area contributed by atoms with Gasteiger partial charge in [-0.3, -0.25) is 9.59 Å². The Bertz CT molecular complexity index is 1590. The number of alkyl carbamates (subject to hydrolysis) is 1. The van der Waals surface area contributed by atoms with Crippen LogP contribution in [-0.4, -0.2) is 75.2 Å². The molecule has 0 radical (unpaired) electrons. The fourth-order valence-electron chi connectivity index (χ4n) is 4.56. The quantitative estimate of drug-likeness (QED) is 0.169. The van der Waals surface area contributed by atoms with Crippen molar-refractivity contribution in [1.29, 1.82) is 0 Å². The number of hydrogen-bond acceptors (Lipinski definition) is 8. The summed E-state index contributed by atoms with van der Waals surface area (Å²) in [5, 5.41) is 8.81. The molecule has 45 heavy (non-hydrogen) atoms. The molecule has 11 heteroatoms. The van der Waals surface area contributed by atoms with Gasteiger partial charge >= 0.3 is 12.1 Å². The van der Waals surface area contributed by atoms with Crippen molar-refractivity contribution in [3.8, 4) is 0 Å². The van der Waals surface area contributed by atoms with E-state index in [4.69, 9.17) is 9.47 Å². The number of ether oxygens (including phenoxy) is 2. The van der Waals surface area contributed by atoms with Gasteiger partial charge in [0, 0.05) is 24.0 Å². The zero-order valence-electron chi connectivity index (χ0n) is 26.4. The predicted octanol–water partition coefficient (Wildman–Crippen LogP) is 4.83. The third-order valence-electron chi connectivity index (χ3n) is 6.67. The van der Waals surface area contributed by atoms with Crippen LogP contribution in [0.5, 0.6) is 0 Å². The van der Waals surface area contributed by atoms with Gasteiger partial charge in [0.1, 0.15) is 12.2 Å². The van der Waals surface area contributed by atoms with Gasteiger partial charge in [-0.25, -0.2) is 9.59 Å². The summed E-state index contributed by atoms with van der Waals surface area (Å²) >= 11 is 0. The average Bonchev–Trinajstić information content (AvgIpc) is 3.31. The van der Waals surface area contributed by atoms with Crippen LogP contribution < -0.4 is 20.9 Å². The molecule has 0 atom stereocenters. The number of carbonyl (C=O) groups is 4. The van der Waals surface area contributed by atoms with Crippen molar-refractivity contribution in [1.82, 2.24) is 10.2 Å². The Morgan fingerprint density at radius 3 is 2.22 bits per heavy atom. The highest BCUT2D eigenvalue weighted by atomic mass is 16.6. The highest BCUT2D eigenvalue weighted by molar-refractivity contribution is 6.37. The molecule has 0 aliphatic carbocycles. The third kappa shape index (κ3) is 8.70. The van der Waals surface area contributed by atoms with Crippen molar-refractivity contribution in [3.05, 3.63) is 89.5 Å². The van der Waals surface area contributed by atoms with E-state index in [1.54, 1.807) is 50.9 Å². The van der Waals surface area contributed by atoms with Crippen LogP contribution in [-0.2, 0) is 19.1 Å². The first kappa shape index (κ1) is 32.7. The molecule has 1 aliphatic rings. The number of esters is 1. The van der Waals surface area contributed by atoms with E-state index in [9.17, 15) is 19.2 Å². The van der Waals surface area contributed by atoms with Gasteiger partial charge in [0.05, 0.1) is 35.6 Å². The van der Waals surface area contributed by atoms with E-state index in [1.807, 2.05) is 73.6 Å². The van der Waals surface area contributed by atoms with Gasteiger partial charge in [-0.1, -0.05) is 36.4 Å². The second kappa shape index (κ2) is 14.1. The monoisotopic (exact) mass is 613 g/mol. The van der Waals surface area contributed by atoms with Crippen molar-refractivity contribution in [2.45, 2.75) is 26.4 Å². The largest absolute Gasteiger partial charge is 0.460 e. The van der Waals surface area contributed by atoms with Gasteiger partial charge in [-0.05, 0) is 76.8 Å². The summed E-state index contributed by atoms with van der Waals surface area (Å²) in [6.07, 6.45) is -0.598. The Morgan fingerprint density at radius 1 is 0.889 bits per heavy atom. The molecule has 11 nitrogen and oxygen atoms in total. The minimum absolute atomic E-state index is 0.0345. The van der Waals surface area contributed by atoms with E-state index in [0.29, 0.717) is 29.1 Å². The van der Waals surface area contributed by atoms with Gasteiger partial charge in [-0.2, -0.15) is 0 Å². The summed E-state index contributed by atoms with van der Waals surface area (Å²) in [6, 6.07) is 21.7. The van der Waals surface area contributed by atoms with Crippen LogP contribution in [0.4, 0.5) is 21.9 Å². The fraction of sp³-hybridized carbons (Fsp3) is 0.294. The maximum absolute atomic E-state index is 13.4. The van der Waals surface area contributed by atoms with Crippen LogP contribution in [0.15, 0.2) is 72.8 Å². The lowest BCUT2D eigenvalue weighted by Crippen LogP contribution is -2.34. The Hall–Kier alpha value is -5.16. The lowest BCUT2D eigenvalue weighted by atomic mass is 9.99. The van der Waals surface area contributed by atoms with Gasteiger partial charge < -0.3 is 35.2 Å². The van der Waals surface area contributed by atoms with Crippen molar-refractivity contribution in [2.24, 2.45) is 0 Å². The number of hydrogen-bond donors (Lipinski definition) is 3. The minimum atomic E-state index is -0.631. The molecule has 0 spiro atoms. The molecule has 3 aromatic rings. The molecular formula is C34H39N5O6. The molecule has 3 amide bonds. The van der Waals surface area contributed by atoms with E-state index in [0.717, 1.165) is 16.9 Å². The first-order valence-corrected chi connectivity index (χ1v) is 14.5. The Morgan fingerprint density at radius 2 is 1.58 bits per heavy atom. The van der Waals surface area contributed by atoms with E-state index < -0.39 is 17.7 Å². The predicted molar refractivity (Wildman–Crippen MR) is 175 cm³/mol. The highest BCUT2D eigenvalue weighted by Gasteiger charge is 2.29. The second-order valence-corrected chi connectivity index (χ2v) is 11.8. The number of carbonyl (C=O) groups excluding carboxylic acids is 4. The molecule has 1 aliphatic heterocycles. The minimum Gasteiger partial charge on any atom is -0.460 e. The molecule has 0 bridgehead atoms. The van der Waals surface area contributed by atoms with Crippen molar-refractivity contribution >= 4 is 52.2 Å². The Balaban J connectivity index is 1.53. The van der Waals surface area contributed by atoms with Crippen molar-refractivity contribution in [2.75, 3.05) is 56.4 Å². The van der Waals surface area contributed by atoms with Gasteiger partial charge in [0.2, 0.25) is 5.91 Å². The summed E-state index contributed by atoms with van der Waals surface area (Å²) in [5.41, 5.74) is 3.98. The summed E-state index contributed by atoms with van der Waals surface area (Å²) < 4.78 is 10.5. The lowest BCUT2D eigenvalue weighted by Gasteiger charge is -2.20. The van der Waals surface area contributed by atoms with Crippen molar-refractivity contribution < 1.29 is 28.7 Å². The summed E-state index contributed by atoms with van der Waals surface area (Å²) in [7, 11) is 5.42. The van der Waals surface area contributed by atoms with E-state index in [-0.39, 0.29) is 30.5 Å². The number of benzene rings is 3. The van der Waals surface area contributed by atoms with Crippen molar-refractivity contribution in [3.63, 3.8) is 0 Å². The van der Waals surface area contributed by atoms with Gasteiger partial charge in [0.15, 0.2) is 0 Å². The van der Waals surface area contributed by atoms with Gasteiger partial charge in [-0.15, -0.1) is 0 Å². The number of amides is 3. The Labute approximate surface area is 263 Å². The standard InChI is InChI=1S/C34H39N5O6/c1-34(2,3)45-33(43)35-18-19-44-32(42)23-12-17-26-27(20-23)37-31(41)29(26)30(22-10-8-7-9-11-22)36-24-13-15-25(16-14-24)39(6)28(40)21-38(4)5/h7-17,20,36H,18-19,21H2,1-6H3,(H,35,43)(H,37,41)/b30-29-. The van der Waals surface area contributed by atoms with E-state index >= 15 is 0 Å². The van der Waals surface area contributed by atoms with Crippen LogP contribution in [0.2, 0.25) is 0 Å². The molecule has 0 aromatic heterocycles. The van der Waals surface area contributed by atoms with E-state index in [1.165, 1.54) is 0 Å². The summed E-state index contributed by atoms with van der Waals surface area (Å²) in [6.45, 7) is 5.60. The molecule has 4 rings (SSSR count). The average molecular weight is 614 g/mol. The molecule has 0 fully saturated rings. The first-order valence-electron chi connectivity index (χ1n) is 14.5. The molecule has 0 saturated heterocycles. The third-order valence-corrected chi connectivity index (χ3v) is 6.67. The van der Waals surface area contributed by atoms with Gasteiger partial charge in [0.25, 0.3) is 5.91 Å². The molecule has 3 aromatic carbocycles.